The van der Waals surface area contributed by atoms with E-state index in [0.717, 1.165) is 15.6 Å². The van der Waals surface area contributed by atoms with E-state index in [1.807, 2.05) is 32.0 Å². The molecule has 0 radical (unpaired) electrons. The van der Waals surface area contributed by atoms with Crippen molar-refractivity contribution in [2.24, 2.45) is 0 Å². The van der Waals surface area contributed by atoms with E-state index in [0.29, 0.717) is 32.7 Å². The molecule has 4 rings (SSSR count). The molecule has 0 N–H and O–H groups in total. The van der Waals surface area contributed by atoms with E-state index < -0.39 is 12.6 Å². The predicted molar refractivity (Wildman–Crippen MR) is 123 cm³/mol. The zero-order chi connectivity index (χ0) is 22.1. The van der Waals surface area contributed by atoms with Gasteiger partial charge in [0.2, 0.25) is 0 Å². The second-order valence-corrected chi connectivity index (χ2v) is 8.87. The first-order valence-corrected chi connectivity index (χ1v) is 10.9. The van der Waals surface area contributed by atoms with Crippen LogP contribution >= 0.6 is 34.5 Å². The number of benzene rings is 2. The van der Waals surface area contributed by atoms with Gasteiger partial charge >= 0.3 is 5.97 Å². The monoisotopic (exact) mass is 470 g/mol. The van der Waals surface area contributed by atoms with Crippen molar-refractivity contribution in [2.75, 3.05) is 6.61 Å². The van der Waals surface area contributed by atoms with Crippen molar-refractivity contribution in [3.8, 4) is 10.6 Å². The van der Waals surface area contributed by atoms with E-state index in [9.17, 15) is 9.59 Å². The van der Waals surface area contributed by atoms with Crippen LogP contribution in [-0.2, 0) is 4.74 Å². The van der Waals surface area contributed by atoms with Crippen molar-refractivity contribution in [2.45, 2.75) is 13.8 Å². The van der Waals surface area contributed by atoms with E-state index in [4.69, 9.17) is 32.9 Å². The highest BCUT2D eigenvalue weighted by atomic mass is 35.5. The summed E-state index contributed by atoms with van der Waals surface area (Å²) in [5, 5.41) is 2.18. The molecule has 0 aliphatic heterocycles. The summed E-state index contributed by atoms with van der Waals surface area (Å²) in [6, 6.07) is 13.5. The molecule has 0 saturated heterocycles. The Morgan fingerprint density at radius 3 is 2.48 bits per heavy atom. The summed E-state index contributed by atoms with van der Waals surface area (Å²) in [6.45, 7) is 3.41. The molecule has 2 aromatic carbocycles. The fraction of sp³-hybridized carbons (Fsp3) is 0.130. The highest BCUT2D eigenvalue weighted by Gasteiger charge is 2.19. The van der Waals surface area contributed by atoms with Crippen LogP contribution in [0.15, 0.2) is 48.5 Å². The number of hydrogen-bond acceptors (Lipinski definition) is 6. The average Bonchev–Trinajstić information content (AvgIpc) is 3.10. The minimum atomic E-state index is -0.604. The second-order valence-electron chi connectivity index (χ2n) is 6.85. The van der Waals surface area contributed by atoms with Crippen molar-refractivity contribution in [1.29, 1.82) is 0 Å². The van der Waals surface area contributed by atoms with Crippen LogP contribution in [0.4, 0.5) is 0 Å². The number of halogens is 2. The molecule has 8 heteroatoms. The molecule has 0 aliphatic rings. The summed E-state index contributed by atoms with van der Waals surface area (Å²) in [5.74, 6) is -0.980. The molecular weight excluding hydrogens is 455 g/mol. The fourth-order valence-electron chi connectivity index (χ4n) is 3.19. The van der Waals surface area contributed by atoms with Crippen LogP contribution in [0.2, 0.25) is 10.0 Å². The molecular formula is C23H16Cl2N2O3S. The van der Waals surface area contributed by atoms with Gasteiger partial charge in [-0.25, -0.2) is 14.8 Å². The largest absolute Gasteiger partial charge is 0.454 e. The third kappa shape index (κ3) is 4.46. The number of esters is 1. The smallest absolute Gasteiger partial charge is 0.339 e. The van der Waals surface area contributed by atoms with Crippen molar-refractivity contribution in [3.05, 3.63) is 80.4 Å². The lowest BCUT2D eigenvalue weighted by Crippen LogP contribution is -2.15. The highest BCUT2D eigenvalue weighted by molar-refractivity contribution is 7.15. The third-order valence-electron chi connectivity index (χ3n) is 4.65. The molecule has 0 amide bonds. The van der Waals surface area contributed by atoms with Gasteiger partial charge in [0, 0.05) is 10.9 Å². The first-order chi connectivity index (χ1) is 14.8. The maximum absolute atomic E-state index is 12.9. The number of hydrogen-bond donors (Lipinski definition) is 0. The SMILES string of the molecule is Cc1nc(C)c(-c2cc(C(=O)OCC(=O)c3ccc(Cl)c(Cl)c3)c3ccccc3n2)s1. The van der Waals surface area contributed by atoms with Crippen LogP contribution < -0.4 is 0 Å². The second kappa shape index (κ2) is 8.75. The number of ketones is 1. The Bertz CT molecular complexity index is 1330. The molecule has 2 aromatic heterocycles. The molecule has 0 unspecified atom stereocenters. The minimum Gasteiger partial charge on any atom is -0.454 e. The number of ether oxygens (including phenoxy) is 1. The fourth-order valence-corrected chi connectivity index (χ4v) is 4.37. The molecule has 0 saturated carbocycles. The Labute approximate surface area is 192 Å². The molecule has 31 heavy (non-hydrogen) atoms. The number of aryl methyl sites for hydroxylation is 2. The average molecular weight is 471 g/mol. The van der Waals surface area contributed by atoms with Crippen LogP contribution in [0.5, 0.6) is 0 Å². The van der Waals surface area contributed by atoms with Crippen LogP contribution in [0.25, 0.3) is 21.5 Å². The number of pyridine rings is 1. The number of fused-ring (bicyclic) bond motifs is 1. The lowest BCUT2D eigenvalue weighted by Gasteiger charge is -2.10. The van der Waals surface area contributed by atoms with E-state index >= 15 is 0 Å². The Balaban J connectivity index is 1.64. The Kier molecular flexibility index (Phi) is 6.05. The van der Waals surface area contributed by atoms with Gasteiger partial charge in [0.1, 0.15) is 0 Å². The molecule has 0 atom stereocenters. The van der Waals surface area contributed by atoms with Crippen molar-refractivity contribution < 1.29 is 14.3 Å². The van der Waals surface area contributed by atoms with Gasteiger partial charge in [-0.15, -0.1) is 11.3 Å². The molecule has 156 valence electrons. The predicted octanol–water partition coefficient (Wildman–Crippen LogP) is 6.32. The maximum Gasteiger partial charge on any atom is 0.339 e. The molecule has 5 nitrogen and oxygen atoms in total. The number of nitrogens with zero attached hydrogens (tertiary/aromatic N) is 2. The standard InChI is InChI=1S/C23H16Cl2N2O3S/c1-12-22(31-13(2)26-12)20-10-16(15-5-3-4-6-19(15)27-20)23(29)30-11-21(28)14-7-8-17(24)18(25)9-14/h3-10H,11H2,1-2H3. The van der Waals surface area contributed by atoms with Gasteiger partial charge in [0.15, 0.2) is 12.4 Å². The third-order valence-corrected chi connectivity index (χ3v) is 6.48. The van der Waals surface area contributed by atoms with Crippen molar-refractivity contribution in [3.63, 3.8) is 0 Å². The zero-order valence-corrected chi connectivity index (χ0v) is 18.9. The van der Waals surface area contributed by atoms with Crippen LogP contribution in [0.3, 0.4) is 0 Å². The topological polar surface area (TPSA) is 69.2 Å². The van der Waals surface area contributed by atoms with Crippen LogP contribution in [0, 0.1) is 13.8 Å². The Hall–Kier alpha value is -2.80. The van der Waals surface area contributed by atoms with Crippen LogP contribution in [0.1, 0.15) is 31.4 Å². The first-order valence-electron chi connectivity index (χ1n) is 9.33. The van der Waals surface area contributed by atoms with Gasteiger partial charge in [-0.3, -0.25) is 4.79 Å². The van der Waals surface area contributed by atoms with Gasteiger partial charge in [-0.1, -0.05) is 41.4 Å². The molecule has 0 aliphatic carbocycles. The Morgan fingerprint density at radius 1 is 1.00 bits per heavy atom. The first kappa shape index (κ1) is 21.4. The molecule has 0 bridgehead atoms. The van der Waals surface area contributed by atoms with E-state index in [-0.39, 0.29) is 10.8 Å². The number of rotatable bonds is 5. The van der Waals surface area contributed by atoms with E-state index in [2.05, 4.69) is 4.98 Å². The van der Waals surface area contributed by atoms with Gasteiger partial charge in [-0.2, -0.15) is 0 Å². The number of thiazole rings is 1. The summed E-state index contributed by atoms with van der Waals surface area (Å²) in [5.41, 5.74) is 2.81. The summed E-state index contributed by atoms with van der Waals surface area (Å²) in [4.78, 5) is 35.4. The summed E-state index contributed by atoms with van der Waals surface area (Å²) >= 11 is 13.4. The van der Waals surface area contributed by atoms with Crippen LogP contribution in [-0.4, -0.2) is 28.3 Å². The van der Waals surface area contributed by atoms with Gasteiger partial charge in [0.05, 0.1) is 42.4 Å². The van der Waals surface area contributed by atoms with E-state index in [1.54, 1.807) is 18.2 Å². The number of carbonyl (C=O) groups is 2. The summed E-state index contributed by atoms with van der Waals surface area (Å²) in [6.07, 6.45) is 0. The maximum atomic E-state index is 12.9. The number of carbonyl (C=O) groups excluding carboxylic acids is 2. The van der Waals surface area contributed by atoms with E-state index in [1.165, 1.54) is 23.5 Å². The number of para-hydroxylation sites is 1. The lowest BCUT2D eigenvalue weighted by molar-refractivity contribution is 0.0476. The van der Waals surface area contributed by atoms with Gasteiger partial charge in [-0.05, 0) is 44.2 Å². The van der Waals surface area contributed by atoms with Gasteiger partial charge < -0.3 is 4.74 Å². The number of Topliss-reactive ketones (excluding diaryl/α,β-unsaturated/α-hetero) is 1. The normalized spacial score (nSPS) is 11.0. The van der Waals surface area contributed by atoms with Crippen molar-refractivity contribution >= 4 is 57.2 Å². The number of aromatic nitrogens is 2. The van der Waals surface area contributed by atoms with Gasteiger partial charge in [0.25, 0.3) is 0 Å². The summed E-state index contributed by atoms with van der Waals surface area (Å²) < 4.78 is 5.34. The summed E-state index contributed by atoms with van der Waals surface area (Å²) in [7, 11) is 0. The zero-order valence-electron chi connectivity index (χ0n) is 16.6. The molecule has 0 fully saturated rings. The minimum absolute atomic E-state index is 0.263. The highest BCUT2D eigenvalue weighted by Crippen LogP contribution is 2.31. The molecule has 0 spiro atoms. The lowest BCUT2D eigenvalue weighted by atomic mass is 10.1. The molecule has 4 aromatic rings. The van der Waals surface area contributed by atoms with Crippen molar-refractivity contribution in [1.82, 2.24) is 9.97 Å². The molecule has 2 heterocycles. The Morgan fingerprint density at radius 2 is 1.77 bits per heavy atom. The quantitative estimate of drug-likeness (QED) is 0.252.